The largest absolute Gasteiger partial charge is 0.486 e. The van der Waals surface area contributed by atoms with Crippen LogP contribution in [-0.4, -0.2) is 27.2 Å². The zero-order valence-electron chi connectivity index (χ0n) is 13.2. The van der Waals surface area contributed by atoms with Crippen molar-refractivity contribution in [3.05, 3.63) is 63.9 Å². The number of carboxylic acids is 1. The van der Waals surface area contributed by atoms with E-state index in [0.717, 1.165) is 16.3 Å². The number of rotatable bonds is 5. The fraction of sp³-hybridized carbons (Fsp3) is 0.176. The molecule has 0 unspecified atom stereocenters. The third-order valence-corrected chi connectivity index (χ3v) is 3.30. The number of allylic oxidation sites excluding steroid dienone is 1. The van der Waals surface area contributed by atoms with Crippen LogP contribution in [0.1, 0.15) is 24.2 Å². The minimum absolute atomic E-state index is 0.0522. The first-order chi connectivity index (χ1) is 11.5. The van der Waals surface area contributed by atoms with E-state index in [1.807, 2.05) is 0 Å². The molecule has 1 heterocycles. The van der Waals surface area contributed by atoms with Crippen LogP contribution in [-0.2, 0) is 0 Å². The highest BCUT2D eigenvalue weighted by Gasteiger charge is 2.15. The molecule has 122 valence electrons. The highest BCUT2D eigenvalue weighted by molar-refractivity contribution is 5.86. The van der Waals surface area contributed by atoms with E-state index in [0.29, 0.717) is 17.0 Å². The number of nitriles is 1. The Labute approximate surface area is 138 Å². The summed E-state index contributed by atoms with van der Waals surface area (Å²) in [6, 6.07) is 8.71. The predicted molar refractivity (Wildman–Crippen MR) is 86.3 cm³/mol. The Bertz CT molecular complexity index is 903. The van der Waals surface area contributed by atoms with Crippen LogP contribution in [0, 0.1) is 11.3 Å². The zero-order chi connectivity index (χ0) is 17.7. The van der Waals surface area contributed by atoms with Crippen LogP contribution >= 0.6 is 0 Å². The molecule has 7 heteroatoms. The van der Waals surface area contributed by atoms with Gasteiger partial charge in [0.15, 0.2) is 0 Å². The van der Waals surface area contributed by atoms with Crippen molar-refractivity contribution in [2.45, 2.75) is 13.8 Å². The van der Waals surface area contributed by atoms with Crippen molar-refractivity contribution in [2.24, 2.45) is 0 Å². The van der Waals surface area contributed by atoms with E-state index >= 15 is 0 Å². The average molecular weight is 325 g/mol. The Morgan fingerprint density at radius 2 is 2.08 bits per heavy atom. The van der Waals surface area contributed by atoms with E-state index in [2.05, 4.69) is 11.1 Å². The number of hydrogen-bond donors (Lipinski definition) is 1. The van der Waals surface area contributed by atoms with Gasteiger partial charge in [0, 0.05) is 6.20 Å². The van der Waals surface area contributed by atoms with Crippen LogP contribution < -0.4 is 10.3 Å². The van der Waals surface area contributed by atoms with E-state index < -0.39 is 17.1 Å². The van der Waals surface area contributed by atoms with Crippen molar-refractivity contribution >= 4 is 5.97 Å². The Morgan fingerprint density at radius 1 is 1.38 bits per heavy atom. The highest BCUT2D eigenvalue weighted by atomic mass is 16.5. The van der Waals surface area contributed by atoms with Crippen molar-refractivity contribution in [1.82, 2.24) is 9.55 Å². The number of carboxylic acid groups (broad SMARTS) is 1. The summed E-state index contributed by atoms with van der Waals surface area (Å²) in [5.74, 6) is -1.01. The van der Waals surface area contributed by atoms with Crippen LogP contribution in [0.5, 0.6) is 5.75 Å². The average Bonchev–Trinajstić information content (AvgIpc) is 2.55. The second-order valence-corrected chi connectivity index (χ2v) is 5.13. The van der Waals surface area contributed by atoms with Gasteiger partial charge in [0.2, 0.25) is 0 Å². The minimum Gasteiger partial charge on any atom is -0.486 e. The monoisotopic (exact) mass is 325 g/mol. The van der Waals surface area contributed by atoms with E-state index in [-0.39, 0.29) is 6.61 Å². The molecule has 7 nitrogen and oxygen atoms in total. The van der Waals surface area contributed by atoms with Crippen molar-refractivity contribution in [1.29, 1.82) is 5.26 Å². The van der Waals surface area contributed by atoms with Crippen molar-refractivity contribution in [3.8, 4) is 17.5 Å². The number of aromatic carboxylic acids is 1. The summed E-state index contributed by atoms with van der Waals surface area (Å²) in [6.07, 6.45) is 2.23. The molecule has 0 atom stereocenters. The second-order valence-electron chi connectivity index (χ2n) is 5.13. The summed E-state index contributed by atoms with van der Waals surface area (Å²) in [5, 5.41) is 18.1. The Balaban J connectivity index is 2.46. The highest BCUT2D eigenvalue weighted by Crippen LogP contribution is 2.22. The fourth-order valence-electron chi connectivity index (χ4n) is 1.95. The third kappa shape index (κ3) is 3.50. The van der Waals surface area contributed by atoms with Crippen molar-refractivity contribution in [3.63, 3.8) is 0 Å². The Hall–Kier alpha value is -3.40. The Kier molecular flexibility index (Phi) is 5.12. The number of hydrogen-bond acceptors (Lipinski definition) is 5. The minimum atomic E-state index is -1.35. The van der Waals surface area contributed by atoms with E-state index in [1.165, 1.54) is 6.33 Å². The number of nitrogens with zero attached hydrogens (tertiary/aromatic N) is 3. The lowest BCUT2D eigenvalue weighted by Gasteiger charge is -2.13. The summed E-state index contributed by atoms with van der Waals surface area (Å²) in [5.41, 5.74) is 0.519. The topological polar surface area (TPSA) is 105 Å². The number of aromatic nitrogens is 2. The molecule has 0 amide bonds. The first kappa shape index (κ1) is 17.0. The van der Waals surface area contributed by atoms with E-state index in [9.17, 15) is 9.59 Å². The van der Waals surface area contributed by atoms with Gasteiger partial charge in [-0.05, 0) is 26.0 Å². The van der Waals surface area contributed by atoms with E-state index in [1.54, 1.807) is 38.1 Å². The summed E-state index contributed by atoms with van der Waals surface area (Å²) in [4.78, 5) is 27.2. The van der Waals surface area contributed by atoms with E-state index in [4.69, 9.17) is 15.1 Å². The quantitative estimate of drug-likeness (QED) is 0.845. The summed E-state index contributed by atoms with van der Waals surface area (Å²) < 4.78 is 6.75. The second kappa shape index (κ2) is 7.24. The number of ether oxygens (including phenoxy) is 1. The van der Waals surface area contributed by atoms with Gasteiger partial charge in [0.05, 0.1) is 17.3 Å². The summed E-state index contributed by atoms with van der Waals surface area (Å²) in [7, 11) is 0. The molecule has 0 radical (unpaired) electrons. The molecule has 0 aliphatic rings. The zero-order valence-corrected chi connectivity index (χ0v) is 13.2. The molecule has 0 saturated carbocycles. The Morgan fingerprint density at radius 3 is 2.71 bits per heavy atom. The normalized spacial score (nSPS) is 9.88. The molecular formula is C17H15N3O4. The SMILES string of the molecule is CC(C)=C(C#N)COc1ccccc1-n1cncc(C(=O)O)c1=O. The summed E-state index contributed by atoms with van der Waals surface area (Å²) >= 11 is 0. The van der Waals surface area contributed by atoms with Gasteiger partial charge in [-0.1, -0.05) is 17.7 Å². The van der Waals surface area contributed by atoms with Gasteiger partial charge in [-0.25, -0.2) is 9.78 Å². The molecule has 0 spiro atoms. The number of para-hydroxylation sites is 2. The molecule has 24 heavy (non-hydrogen) atoms. The van der Waals surface area contributed by atoms with Crippen molar-refractivity contribution < 1.29 is 14.6 Å². The molecule has 1 aromatic carbocycles. The van der Waals surface area contributed by atoms with Gasteiger partial charge in [0.1, 0.15) is 24.2 Å². The standard InChI is InChI=1S/C17H15N3O4/c1-11(2)12(7-18)9-24-15-6-4-3-5-14(15)20-10-19-8-13(16(20)21)17(22)23/h3-6,8,10H,9H2,1-2H3,(H,22,23). The molecule has 1 N–H and O–H groups in total. The summed E-state index contributed by atoms with van der Waals surface area (Å²) in [6.45, 7) is 3.66. The van der Waals surface area contributed by atoms with Crippen LogP contribution in [0.2, 0.25) is 0 Å². The van der Waals surface area contributed by atoms with Crippen LogP contribution in [0.3, 0.4) is 0 Å². The van der Waals surface area contributed by atoms with Crippen LogP contribution in [0.15, 0.2) is 52.7 Å². The van der Waals surface area contributed by atoms with Gasteiger partial charge < -0.3 is 9.84 Å². The molecule has 0 saturated heterocycles. The van der Waals surface area contributed by atoms with Crippen LogP contribution in [0.25, 0.3) is 5.69 Å². The third-order valence-electron chi connectivity index (χ3n) is 3.30. The maximum absolute atomic E-state index is 12.3. The van der Waals surface area contributed by atoms with Crippen LogP contribution in [0.4, 0.5) is 0 Å². The maximum atomic E-state index is 12.3. The molecule has 2 rings (SSSR count). The number of benzene rings is 1. The van der Waals surface area contributed by atoms with Gasteiger partial charge in [-0.2, -0.15) is 5.26 Å². The van der Waals surface area contributed by atoms with Crippen molar-refractivity contribution in [2.75, 3.05) is 6.61 Å². The molecule has 0 aliphatic heterocycles. The molecule has 0 fully saturated rings. The predicted octanol–water partition coefficient (Wildman–Crippen LogP) is 2.17. The van der Waals surface area contributed by atoms with Gasteiger partial charge in [-0.15, -0.1) is 0 Å². The molecule has 0 bridgehead atoms. The molecule has 2 aromatic rings. The smallest absolute Gasteiger partial charge is 0.342 e. The first-order valence-electron chi connectivity index (χ1n) is 7.04. The number of carbonyl (C=O) groups is 1. The molecule has 0 aliphatic carbocycles. The molecule has 1 aromatic heterocycles. The van der Waals surface area contributed by atoms with Gasteiger partial charge in [-0.3, -0.25) is 9.36 Å². The maximum Gasteiger partial charge on any atom is 0.342 e. The van der Waals surface area contributed by atoms with Gasteiger partial charge >= 0.3 is 5.97 Å². The van der Waals surface area contributed by atoms with Gasteiger partial charge in [0.25, 0.3) is 5.56 Å². The first-order valence-corrected chi connectivity index (χ1v) is 7.04. The lowest BCUT2D eigenvalue weighted by Crippen LogP contribution is -2.25. The fourth-order valence-corrected chi connectivity index (χ4v) is 1.95. The molecular weight excluding hydrogens is 310 g/mol. The lowest BCUT2D eigenvalue weighted by molar-refractivity contribution is 0.0694. The lowest BCUT2D eigenvalue weighted by atomic mass is 10.2.